The van der Waals surface area contributed by atoms with Crippen LogP contribution in [0.5, 0.6) is 0 Å². The summed E-state index contributed by atoms with van der Waals surface area (Å²) in [7, 11) is 0. The van der Waals surface area contributed by atoms with Crippen molar-refractivity contribution in [3.63, 3.8) is 0 Å². The molecule has 5 heteroatoms. The van der Waals surface area contributed by atoms with Crippen LogP contribution in [0.1, 0.15) is 12.8 Å². The lowest BCUT2D eigenvalue weighted by Gasteiger charge is -2.19. The highest BCUT2D eigenvalue weighted by Gasteiger charge is 2.23. The van der Waals surface area contributed by atoms with E-state index in [1.54, 1.807) is 4.90 Å². The lowest BCUT2D eigenvalue weighted by atomic mass is 10.2. The standard InChI is InChI=1S/C13H16N2O2S/c1-18-9-12(16)14-10-5-2-3-6-11(10)15-8-4-7-13(15)17/h2-3,5-6H,4,7-9H2,1H3,(H,14,16). The summed E-state index contributed by atoms with van der Waals surface area (Å²) in [5, 5.41) is 2.86. The van der Waals surface area contributed by atoms with Gasteiger partial charge in [0, 0.05) is 13.0 Å². The van der Waals surface area contributed by atoms with Crippen LogP contribution in [0, 0.1) is 0 Å². The van der Waals surface area contributed by atoms with E-state index in [-0.39, 0.29) is 11.8 Å². The third kappa shape index (κ3) is 2.85. The maximum Gasteiger partial charge on any atom is 0.234 e. The second-order valence-electron chi connectivity index (χ2n) is 4.15. The Kier molecular flexibility index (Phi) is 4.25. The largest absolute Gasteiger partial charge is 0.324 e. The summed E-state index contributed by atoms with van der Waals surface area (Å²) in [5.74, 6) is 0.505. The van der Waals surface area contributed by atoms with Crippen molar-refractivity contribution in [3.05, 3.63) is 24.3 Å². The van der Waals surface area contributed by atoms with Crippen LogP contribution in [0.4, 0.5) is 11.4 Å². The number of benzene rings is 1. The first-order valence-electron chi connectivity index (χ1n) is 5.90. The quantitative estimate of drug-likeness (QED) is 0.906. The second-order valence-corrected chi connectivity index (χ2v) is 5.01. The molecule has 0 bridgehead atoms. The maximum atomic E-state index is 11.7. The molecule has 0 atom stereocenters. The number of anilines is 2. The van der Waals surface area contributed by atoms with Gasteiger partial charge < -0.3 is 10.2 Å². The zero-order valence-corrected chi connectivity index (χ0v) is 11.1. The topological polar surface area (TPSA) is 49.4 Å². The van der Waals surface area contributed by atoms with E-state index in [0.717, 1.165) is 18.7 Å². The van der Waals surface area contributed by atoms with Gasteiger partial charge in [-0.1, -0.05) is 12.1 Å². The Morgan fingerprint density at radius 1 is 1.44 bits per heavy atom. The normalized spacial score (nSPS) is 14.9. The molecule has 2 amide bonds. The van der Waals surface area contributed by atoms with Crippen LogP contribution < -0.4 is 10.2 Å². The molecule has 1 saturated heterocycles. The third-order valence-corrected chi connectivity index (χ3v) is 3.37. The minimum atomic E-state index is -0.0402. The van der Waals surface area contributed by atoms with Gasteiger partial charge in [-0.05, 0) is 24.8 Å². The molecular weight excluding hydrogens is 248 g/mol. The van der Waals surface area contributed by atoms with E-state index in [4.69, 9.17) is 0 Å². The summed E-state index contributed by atoms with van der Waals surface area (Å²) in [6, 6.07) is 7.45. The zero-order chi connectivity index (χ0) is 13.0. The van der Waals surface area contributed by atoms with Gasteiger partial charge in [0.25, 0.3) is 0 Å². The van der Waals surface area contributed by atoms with Gasteiger partial charge in [-0.2, -0.15) is 11.8 Å². The van der Waals surface area contributed by atoms with Crippen LogP contribution in [0.25, 0.3) is 0 Å². The van der Waals surface area contributed by atoms with Crippen molar-refractivity contribution in [1.29, 1.82) is 0 Å². The van der Waals surface area contributed by atoms with Crippen LogP contribution in [0.2, 0.25) is 0 Å². The highest BCUT2D eigenvalue weighted by atomic mass is 32.2. The van der Waals surface area contributed by atoms with Gasteiger partial charge in [0.15, 0.2) is 0 Å². The number of hydrogen-bond acceptors (Lipinski definition) is 3. The predicted molar refractivity (Wildman–Crippen MR) is 75.0 cm³/mol. The molecule has 1 heterocycles. The monoisotopic (exact) mass is 264 g/mol. The molecule has 0 spiro atoms. The fourth-order valence-corrected chi connectivity index (χ4v) is 2.37. The zero-order valence-electron chi connectivity index (χ0n) is 10.3. The first-order chi connectivity index (χ1) is 8.72. The molecule has 96 valence electrons. The van der Waals surface area contributed by atoms with Crippen molar-refractivity contribution >= 4 is 35.0 Å². The molecule has 0 radical (unpaired) electrons. The summed E-state index contributed by atoms with van der Waals surface area (Å²) in [5.41, 5.74) is 1.52. The molecule has 2 rings (SSSR count). The Morgan fingerprint density at radius 3 is 2.89 bits per heavy atom. The fourth-order valence-electron chi connectivity index (χ4n) is 2.03. The molecule has 18 heavy (non-hydrogen) atoms. The molecule has 0 aromatic heterocycles. The molecule has 4 nitrogen and oxygen atoms in total. The lowest BCUT2D eigenvalue weighted by molar-refractivity contribution is -0.117. The van der Waals surface area contributed by atoms with Crippen molar-refractivity contribution in [2.75, 3.05) is 28.8 Å². The number of para-hydroxylation sites is 2. The van der Waals surface area contributed by atoms with Crippen LogP contribution in [0.3, 0.4) is 0 Å². The summed E-state index contributed by atoms with van der Waals surface area (Å²) in [6.07, 6.45) is 3.36. The molecular formula is C13H16N2O2S. The molecule has 1 aliphatic rings. The molecule has 0 saturated carbocycles. The summed E-state index contributed by atoms with van der Waals surface area (Å²) in [4.78, 5) is 25.1. The van der Waals surface area contributed by atoms with Gasteiger partial charge >= 0.3 is 0 Å². The van der Waals surface area contributed by atoms with Gasteiger partial charge in [0.05, 0.1) is 17.1 Å². The average molecular weight is 264 g/mol. The Bertz CT molecular complexity index is 462. The highest BCUT2D eigenvalue weighted by Crippen LogP contribution is 2.29. The van der Waals surface area contributed by atoms with E-state index in [1.165, 1.54) is 11.8 Å². The molecule has 0 aliphatic carbocycles. The number of carbonyl (C=O) groups excluding carboxylic acids is 2. The van der Waals surface area contributed by atoms with Crippen molar-refractivity contribution < 1.29 is 9.59 Å². The Labute approximate surface area is 111 Å². The van der Waals surface area contributed by atoms with E-state index >= 15 is 0 Å². The fraction of sp³-hybridized carbons (Fsp3) is 0.385. The molecule has 0 unspecified atom stereocenters. The first kappa shape index (κ1) is 13.0. The number of thioether (sulfide) groups is 1. The van der Waals surface area contributed by atoms with Crippen LogP contribution in [-0.4, -0.2) is 30.4 Å². The molecule has 1 aliphatic heterocycles. The van der Waals surface area contributed by atoms with Gasteiger partial charge in [0.2, 0.25) is 11.8 Å². The van der Waals surface area contributed by atoms with Gasteiger partial charge in [-0.3, -0.25) is 9.59 Å². The van der Waals surface area contributed by atoms with Crippen molar-refractivity contribution in [2.45, 2.75) is 12.8 Å². The van der Waals surface area contributed by atoms with E-state index in [2.05, 4.69) is 5.32 Å². The number of hydrogen-bond donors (Lipinski definition) is 1. The SMILES string of the molecule is CSCC(=O)Nc1ccccc1N1CCCC1=O. The number of carbonyl (C=O) groups is 2. The summed E-state index contributed by atoms with van der Waals surface area (Å²) in [6.45, 7) is 0.730. The van der Waals surface area contributed by atoms with E-state index in [1.807, 2.05) is 30.5 Å². The molecule has 1 aromatic carbocycles. The van der Waals surface area contributed by atoms with Crippen molar-refractivity contribution in [1.82, 2.24) is 0 Å². The molecule has 1 fully saturated rings. The second kappa shape index (κ2) is 5.91. The van der Waals surface area contributed by atoms with Crippen molar-refractivity contribution in [3.8, 4) is 0 Å². The Hall–Kier alpha value is -1.49. The minimum Gasteiger partial charge on any atom is -0.324 e. The van der Waals surface area contributed by atoms with Gasteiger partial charge in [-0.15, -0.1) is 0 Å². The predicted octanol–water partition coefficient (Wildman–Crippen LogP) is 2.11. The number of amides is 2. The van der Waals surface area contributed by atoms with Crippen LogP contribution in [0.15, 0.2) is 24.3 Å². The molecule has 1 aromatic rings. The third-order valence-electron chi connectivity index (χ3n) is 2.82. The van der Waals surface area contributed by atoms with Crippen molar-refractivity contribution in [2.24, 2.45) is 0 Å². The highest BCUT2D eigenvalue weighted by molar-refractivity contribution is 7.99. The van der Waals surface area contributed by atoms with Gasteiger partial charge in [-0.25, -0.2) is 0 Å². The summed E-state index contributed by atoms with van der Waals surface area (Å²) < 4.78 is 0. The lowest BCUT2D eigenvalue weighted by Crippen LogP contribution is -2.25. The first-order valence-corrected chi connectivity index (χ1v) is 7.30. The number of nitrogens with one attached hydrogen (secondary N) is 1. The smallest absolute Gasteiger partial charge is 0.234 e. The van der Waals surface area contributed by atoms with Crippen LogP contribution in [-0.2, 0) is 9.59 Å². The number of rotatable bonds is 4. The van der Waals surface area contributed by atoms with E-state index < -0.39 is 0 Å². The summed E-state index contributed by atoms with van der Waals surface area (Å²) >= 11 is 1.48. The van der Waals surface area contributed by atoms with Crippen LogP contribution >= 0.6 is 11.8 Å². The van der Waals surface area contributed by atoms with Gasteiger partial charge in [0.1, 0.15) is 0 Å². The molecule has 1 N–H and O–H groups in total. The maximum absolute atomic E-state index is 11.7. The Balaban J connectivity index is 2.20. The number of nitrogens with zero attached hydrogens (tertiary/aromatic N) is 1. The van der Waals surface area contributed by atoms with E-state index in [0.29, 0.717) is 17.9 Å². The van der Waals surface area contributed by atoms with E-state index in [9.17, 15) is 9.59 Å². The average Bonchev–Trinajstić information content (AvgIpc) is 2.76. The minimum absolute atomic E-state index is 0.0402. The Morgan fingerprint density at radius 2 is 2.22 bits per heavy atom.